The highest BCUT2D eigenvalue weighted by Crippen LogP contribution is 2.21. The maximum Gasteiger partial charge on any atom is 0.351 e. The molecule has 0 aromatic heterocycles. The monoisotopic (exact) mass is 221 g/mol. The lowest BCUT2D eigenvalue weighted by atomic mass is 10.2. The van der Waals surface area contributed by atoms with E-state index < -0.39 is 11.0 Å². The zero-order valence-electron chi connectivity index (χ0n) is 7.01. The molecule has 5 heteroatoms. The predicted octanol–water partition coefficient (Wildman–Crippen LogP) is 1.72. The largest absolute Gasteiger partial charge is 0.463 e. The van der Waals surface area contributed by atoms with Crippen LogP contribution in [0.25, 0.3) is 0 Å². The first kappa shape index (κ1) is 10.4. The fourth-order valence-electron chi connectivity index (χ4n) is 0.828. The van der Waals surface area contributed by atoms with E-state index in [1.807, 2.05) is 0 Å². The topological polar surface area (TPSA) is 38.3 Å². The molecule has 72 valence electrons. The Balaban J connectivity index is 2.70. The average Bonchev–Trinajstić information content (AvgIpc) is 2.11. The Morgan fingerprint density at radius 1 is 1.77 bits per heavy atom. The van der Waals surface area contributed by atoms with Crippen molar-refractivity contribution in [1.82, 2.24) is 5.32 Å². The van der Waals surface area contributed by atoms with Gasteiger partial charge in [0.25, 0.3) is 0 Å². The quantitative estimate of drug-likeness (QED) is 0.439. The molecule has 0 bridgehead atoms. The first-order valence-electron chi connectivity index (χ1n) is 3.77. The molecular formula is C8H9Cl2NO2. The molecule has 13 heavy (non-hydrogen) atoms. The zero-order chi connectivity index (χ0) is 9.90. The van der Waals surface area contributed by atoms with Crippen LogP contribution in [0.2, 0.25) is 0 Å². The van der Waals surface area contributed by atoms with Crippen molar-refractivity contribution in [2.45, 2.75) is 11.9 Å². The average molecular weight is 222 g/mol. The Hall–Kier alpha value is -0.670. The van der Waals surface area contributed by atoms with Gasteiger partial charge in [0.2, 0.25) is 5.00 Å². The number of allylic oxidation sites excluding steroid dienone is 2. The van der Waals surface area contributed by atoms with Crippen molar-refractivity contribution >= 4 is 29.2 Å². The van der Waals surface area contributed by atoms with E-state index in [0.717, 1.165) is 0 Å². The molecule has 0 aromatic rings. The van der Waals surface area contributed by atoms with E-state index >= 15 is 0 Å². The van der Waals surface area contributed by atoms with E-state index in [-0.39, 0.29) is 0 Å². The fraction of sp³-hybridized carbons (Fsp3) is 0.375. The summed E-state index contributed by atoms with van der Waals surface area (Å²) in [5.74, 6) is -0.534. The maximum absolute atomic E-state index is 11.3. The molecule has 1 atom stereocenters. The number of alkyl halides is 1. The molecule has 1 unspecified atom stereocenters. The number of carbonyl (C=O) groups excluding carboxylic acids is 1. The lowest BCUT2D eigenvalue weighted by Gasteiger charge is -2.23. The second-order valence-corrected chi connectivity index (χ2v) is 3.47. The van der Waals surface area contributed by atoms with Gasteiger partial charge in [-0.05, 0) is 19.1 Å². The predicted molar refractivity (Wildman–Crippen MR) is 51.4 cm³/mol. The number of halogens is 2. The lowest BCUT2D eigenvalue weighted by molar-refractivity contribution is -0.145. The molecule has 0 spiro atoms. The number of carbonyl (C=O) groups is 1. The molecule has 0 aliphatic carbocycles. The molecule has 1 N–H and O–H groups in total. The van der Waals surface area contributed by atoms with Crippen LogP contribution in [0.15, 0.2) is 23.4 Å². The number of hydrogen-bond acceptors (Lipinski definition) is 3. The van der Waals surface area contributed by atoms with Gasteiger partial charge in [0.1, 0.15) is 0 Å². The molecule has 3 nitrogen and oxygen atoms in total. The molecule has 1 aliphatic rings. The smallest absolute Gasteiger partial charge is 0.351 e. The van der Waals surface area contributed by atoms with Crippen LogP contribution in [0, 0.1) is 0 Å². The molecule has 1 aliphatic heterocycles. The summed E-state index contributed by atoms with van der Waals surface area (Å²) in [5, 5.41) is 3.13. The van der Waals surface area contributed by atoms with Crippen molar-refractivity contribution in [3.63, 3.8) is 0 Å². The van der Waals surface area contributed by atoms with Crippen LogP contribution in [0.4, 0.5) is 0 Å². The highest BCUT2D eigenvalue weighted by atomic mass is 35.5. The van der Waals surface area contributed by atoms with Gasteiger partial charge >= 0.3 is 5.97 Å². The Morgan fingerprint density at radius 3 is 2.92 bits per heavy atom. The van der Waals surface area contributed by atoms with Gasteiger partial charge in [-0.15, -0.1) is 0 Å². The maximum atomic E-state index is 11.3. The Labute approximate surface area is 86.3 Å². The highest BCUT2D eigenvalue weighted by Gasteiger charge is 2.35. The first-order valence-corrected chi connectivity index (χ1v) is 4.53. The van der Waals surface area contributed by atoms with Crippen molar-refractivity contribution < 1.29 is 9.53 Å². The molecule has 0 aromatic carbocycles. The minimum absolute atomic E-state index is 0.292. The van der Waals surface area contributed by atoms with Gasteiger partial charge in [-0.25, -0.2) is 4.79 Å². The molecule has 0 amide bonds. The second kappa shape index (κ2) is 4.03. The molecular weight excluding hydrogens is 213 g/mol. The van der Waals surface area contributed by atoms with Crippen LogP contribution in [0.1, 0.15) is 6.92 Å². The molecule has 0 fully saturated rings. The molecule has 0 saturated carbocycles. The van der Waals surface area contributed by atoms with Crippen LogP contribution < -0.4 is 5.32 Å². The van der Waals surface area contributed by atoms with Crippen LogP contribution in [0.3, 0.4) is 0 Å². The number of esters is 1. The third-order valence-corrected chi connectivity index (χ3v) is 2.09. The van der Waals surface area contributed by atoms with Crippen molar-refractivity contribution in [2.75, 3.05) is 6.61 Å². The number of rotatable bonds is 2. The van der Waals surface area contributed by atoms with Gasteiger partial charge in [-0.3, -0.25) is 0 Å². The Bertz CT molecular complexity index is 275. The summed E-state index contributed by atoms with van der Waals surface area (Å²) >= 11 is 11.5. The van der Waals surface area contributed by atoms with Crippen LogP contribution in [0.5, 0.6) is 0 Å². The van der Waals surface area contributed by atoms with E-state index in [1.165, 1.54) is 12.3 Å². The first-order chi connectivity index (χ1) is 6.08. The van der Waals surface area contributed by atoms with Crippen molar-refractivity contribution in [2.24, 2.45) is 0 Å². The van der Waals surface area contributed by atoms with Crippen molar-refractivity contribution in [1.29, 1.82) is 0 Å². The van der Waals surface area contributed by atoms with E-state index in [1.54, 1.807) is 13.0 Å². The minimum atomic E-state index is -1.31. The van der Waals surface area contributed by atoms with E-state index in [9.17, 15) is 4.79 Å². The summed E-state index contributed by atoms with van der Waals surface area (Å²) < 4.78 is 4.76. The van der Waals surface area contributed by atoms with Gasteiger partial charge in [0, 0.05) is 6.20 Å². The number of hydrogen-bond donors (Lipinski definition) is 1. The van der Waals surface area contributed by atoms with Gasteiger partial charge in [-0.1, -0.05) is 23.2 Å². The second-order valence-electron chi connectivity index (χ2n) is 2.44. The van der Waals surface area contributed by atoms with Gasteiger partial charge in [0.15, 0.2) is 0 Å². The Morgan fingerprint density at radius 2 is 2.46 bits per heavy atom. The zero-order valence-corrected chi connectivity index (χ0v) is 8.52. The third kappa shape index (κ3) is 2.39. The standard InChI is InChI=1S/C8H9Cl2NO2/c1-2-13-7(12)8(10)4-3-6(9)5-11-8/h3-5,11H,2H2,1H3. The summed E-state index contributed by atoms with van der Waals surface area (Å²) in [6, 6.07) is 0. The SMILES string of the molecule is CCOC(=O)C1(Cl)C=CC(Cl)=CN1. The van der Waals surface area contributed by atoms with Crippen molar-refractivity contribution in [3.05, 3.63) is 23.4 Å². The summed E-state index contributed by atoms with van der Waals surface area (Å²) in [6.45, 7) is 2.01. The molecule has 1 heterocycles. The van der Waals surface area contributed by atoms with E-state index in [2.05, 4.69) is 5.32 Å². The third-order valence-electron chi connectivity index (χ3n) is 1.46. The minimum Gasteiger partial charge on any atom is -0.463 e. The number of nitrogens with one attached hydrogen (secondary N) is 1. The molecule has 0 radical (unpaired) electrons. The summed E-state index contributed by atoms with van der Waals surface area (Å²) in [7, 11) is 0. The number of ether oxygens (including phenoxy) is 1. The van der Waals surface area contributed by atoms with Gasteiger partial charge in [-0.2, -0.15) is 0 Å². The number of dihydropyridines is 1. The molecule has 1 rings (SSSR count). The van der Waals surface area contributed by atoms with E-state index in [0.29, 0.717) is 11.6 Å². The summed E-state index contributed by atoms with van der Waals surface area (Å²) in [6.07, 6.45) is 4.45. The van der Waals surface area contributed by atoms with Gasteiger partial charge in [0.05, 0.1) is 11.6 Å². The van der Waals surface area contributed by atoms with Gasteiger partial charge < -0.3 is 10.1 Å². The van der Waals surface area contributed by atoms with Crippen LogP contribution >= 0.6 is 23.2 Å². The molecule has 0 saturated heterocycles. The normalized spacial score (nSPS) is 26.2. The summed E-state index contributed by atoms with van der Waals surface area (Å²) in [4.78, 5) is 9.98. The van der Waals surface area contributed by atoms with E-state index in [4.69, 9.17) is 27.9 Å². The summed E-state index contributed by atoms with van der Waals surface area (Å²) in [5.41, 5.74) is 0. The Kier molecular flexibility index (Phi) is 3.22. The lowest BCUT2D eigenvalue weighted by Crippen LogP contribution is -2.45. The van der Waals surface area contributed by atoms with Crippen molar-refractivity contribution in [3.8, 4) is 0 Å². The van der Waals surface area contributed by atoms with Crippen LogP contribution in [-0.2, 0) is 9.53 Å². The van der Waals surface area contributed by atoms with Crippen LogP contribution in [-0.4, -0.2) is 17.6 Å². The fourth-order valence-corrected chi connectivity index (χ4v) is 1.12. The highest BCUT2D eigenvalue weighted by molar-refractivity contribution is 6.36.